The monoisotopic (exact) mass is 259 g/mol. The molecular weight excluding hydrogens is 242 g/mol. The van der Waals surface area contributed by atoms with Gasteiger partial charge in [0.05, 0.1) is 5.41 Å². The molecule has 2 aromatic rings. The molecule has 1 saturated carbocycles. The summed E-state index contributed by atoms with van der Waals surface area (Å²) < 4.78 is 5.44. The predicted molar refractivity (Wildman–Crippen MR) is 69.3 cm³/mol. The molecule has 100 valence electrons. The average molecular weight is 259 g/mol. The van der Waals surface area contributed by atoms with Crippen LogP contribution in [0.5, 0.6) is 0 Å². The summed E-state index contributed by atoms with van der Waals surface area (Å²) >= 11 is 0. The van der Waals surface area contributed by atoms with Crippen molar-refractivity contribution in [2.24, 2.45) is 5.73 Å². The van der Waals surface area contributed by atoms with E-state index < -0.39 is 0 Å². The summed E-state index contributed by atoms with van der Waals surface area (Å²) in [5.74, 6) is 1.86. The Labute approximate surface area is 111 Å². The fourth-order valence-electron chi connectivity index (χ4n) is 2.68. The highest BCUT2D eigenvalue weighted by atomic mass is 16.5. The molecule has 1 fully saturated rings. The Bertz CT molecular complexity index is 574. The zero-order valence-corrected chi connectivity index (χ0v) is 11.0. The third kappa shape index (κ3) is 2.12. The highest BCUT2D eigenvalue weighted by molar-refractivity contribution is 5.47. The minimum atomic E-state index is -0.132. The first-order valence-corrected chi connectivity index (χ1v) is 6.58. The van der Waals surface area contributed by atoms with E-state index in [0.717, 1.165) is 12.8 Å². The van der Waals surface area contributed by atoms with Crippen molar-refractivity contribution in [1.82, 2.24) is 20.1 Å². The maximum atomic E-state index is 5.92. The van der Waals surface area contributed by atoms with Crippen LogP contribution in [0.25, 0.3) is 11.5 Å². The second kappa shape index (κ2) is 4.70. The van der Waals surface area contributed by atoms with E-state index in [2.05, 4.69) is 20.1 Å². The third-order valence-electron chi connectivity index (χ3n) is 3.84. The quantitative estimate of drug-likeness (QED) is 0.900. The lowest BCUT2D eigenvalue weighted by atomic mass is 9.86. The van der Waals surface area contributed by atoms with Crippen molar-refractivity contribution in [1.29, 1.82) is 0 Å². The van der Waals surface area contributed by atoms with E-state index >= 15 is 0 Å². The van der Waals surface area contributed by atoms with Gasteiger partial charge in [0.25, 0.3) is 0 Å². The van der Waals surface area contributed by atoms with Crippen LogP contribution in [-0.4, -0.2) is 26.7 Å². The van der Waals surface area contributed by atoms with E-state index in [1.165, 1.54) is 12.8 Å². The van der Waals surface area contributed by atoms with E-state index in [9.17, 15) is 0 Å². The molecule has 0 saturated heterocycles. The van der Waals surface area contributed by atoms with Crippen LogP contribution in [0.1, 0.15) is 37.4 Å². The van der Waals surface area contributed by atoms with Gasteiger partial charge in [-0.25, -0.2) is 9.97 Å². The van der Waals surface area contributed by atoms with Crippen molar-refractivity contribution in [2.75, 3.05) is 6.54 Å². The smallest absolute Gasteiger partial charge is 0.234 e. The summed E-state index contributed by atoms with van der Waals surface area (Å²) in [5.41, 5.74) is 6.48. The molecule has 6 heteroatoms. The molecule has 0 bridgehead atoms. The molecule has 0 atom stereocenters. The summed E-state index contributed by atoms with van der Waals surface area (Å²) in [6.45, 7) is 2.39. The molecule has 6 nitrogen and oxygen atoms in total. The van der Waals surface area contributed by atoms with E-state index in [0.29, 0.717) is 29.8 Å². The molecule has 0 aliphatic heterocycles. The van der Waals surface area contributed by atoms with Gasteiger partial charge in [0, 0.05) is 12.7 Å². The van der Waals surface area contributed by atoms with E-state index in [-0.39, 0.29) is 5.41 Å². The van der Waals surface area contributed by atoms with Gasteiger partial charge in [-0.2, -0.15) is 4.98 Å². The van der Waals surface area contributed by atoms with Gasteiger partial charge in [0.2, 0.25) is 11.7 Å². The Morgan fingerprint density at radius 3 is 2.79 bits per heavy atom. The minimum absolute atomic E-state index is 0.132. The van der Waals surface area contributed by atoms with Crippen LogP contribution >= 0.6 is 0 Å². The Kier molecular flexibility index (Phi) is 3.02. The normalized spacial score (nSPS) is 17.8. The van der Waals surface area contributed by atoms with Gasteiger partial charge in [-0.15, -0.1) is 0 Å². The number of nitrogens with two attached hydrogens (primary N) is 1. The molecule has 2 aromatic heterocycles. The molecule has 0 spiro atoms. The first kappa shape index (κ1) is 12.2. The van der Waals surface area contributed by atoms with E-state index in [1.807, 2.05) is 6.92 Å². The second-order valence-electron chi connectivity index (χ2n) is 5.10. The molecule has 19 heavy (non-hydrogen) atoms. The van der Waals surface area contributed by atoms with Crippen LogP contribution in [0.2, 0.25) is 0 Å². The lowest BCUT2D eigenvalue weighted by Gasteiger charge is -2.21. The van der Waals surface area contributed by atoms with Gasteiger partial charge < -0.3 is 10.3 Å². The predicted octanol–water partition coefficient (Wildman–Crippen LogP) is 1.61. The fraction of sp³-hybridized carbons (Fsp3) is 0.538. The lowest BCUT2D eigenvalue weighted by molar-refractivity contribution is 0.284. The molecule has 0 radical (unpaired) electrons. The van der Waals surface area contributed by atoms with Gasteiger partial charge in [-0.1, -0.05) is 18.0 Å². The summed E-state index contributed by atoms with van der Waals surface area (Å²) in [6, 6.07) is 1.78. The fourth-order valence-corrected chi connectivity index (χ4v) is 2.68. The first-order valence-electron chi connectivity index (χ1n) is 6.58. The minimum Gasteiger partial charge on any atom is -0.338 e. The molecular formula is C13H17N5O. The summed E-state index contributed by atoms with van der Waals surface area (Å²) in [5, 5.41) is 4.03. The van der Waals surface area contributed by atoms with Gasteiger partial charge in [-0.3, -0.25) is 0 Å². The molecule has 2 heterocycles. The SMILES string of the molecule is Cc1nccc(-c2noc(C3(CN)CCCC3)n2)n1. The Morgan fingerprint density at radius 2 is 2.11 bits per heavy atom. The average Bonchev–Trinajstić information content (AvgIpc) is 3.08. The van der Waals surface area contributed by atoms with E-state index in [4.69, 9.17) is 10.3 Å². The highest BCUT2D eigenvalue weighted by Gasteiger charge is 2.39. The highest BCUT2D eigenvalue weighted by Crippen LogP contribution is 2.39. The lowest BCUT2D eigenvalue weighted by Crippen LogP contribution is -2.32. The van der Waals surface area contributed by atoms with Crippen molar-refractivity contribution in [3.8, 4) is 11.5 Å². The summed E-state index contributed by atoms with van der Waals surface area (Å²) in [4.78, 5) is 12.9. The zero-order valence-electron chi connectivity index (χ0n) is 11.0. The topological polar surface area (TPSA) is 90.7 Å². The molecule has 3 rings (SSSR count). The van der Waals surface area contributed by atoms with E-state index in [1.54, 1.807) is 12.3 Å². The summed E-state index contributed by atoms with van der Waals surface area (Å²) in [6.07, 6.45) is 6.08. The van der Waals surface area contributed by atoms with Crippen LogP contribution in [0.15, 0.2) is 16.8 Å². The van der Waals surface area contributed by atoms with Gasteiger partial charge >= 0.3 is 0 Å². The third-order valence-corrected chi connectivity index (χ3v) is 3.84. The Balaban J connectivity index is 1.95. The number of aromatic nitrogens is 4. The van der Waals surface area contributed by atoms with Crippen molar-refractivity contribution in [2.45, 2.75) is 38.0 Å². The van der Waals surface area contributed by atoms with Gasteiger partial charge in [0.1, 0.15) is 11.5 Å². The van der Waals surface area contributed by atoms with Crippen molar-refractivity contribution < 1.29 is 4.52 Å². The number of nitrogens with zero attached hydrogens (tertiary/aromatic N) is 4. The van der Waals surface area contributed by atoms with Crippen LogP contribution in [-0.2, 0) is 5.41 Å². The van der Waals surface area contributed by atoms with Gasteiger partial charge in [-0.05, 0) is 25.8 Å². The number of rotatable bonds is 3. The Morgan fingerprint density at radius 1 is 1.32 bits per heavy atom. The van der Waals surface area contributed by atoms with Crippen LogP contribution in [0, 0.1) is 6.92 Å². The molecule has 2 N–H and O–H groups in total. The second-order valence-corrected chi connectivity index (χ2v) is 5.10. The van der Waals surface area contributed by atoms with Crippen molar-refractivity contribution in [3.05, 3.63) is 24.0 Å². The molecule has 0 amide bonds. The van der Waals surface area contributed by atoms with Crippen molar-refractivity contribution >= 4 is 0 Å². The zero-order chi connectivity index (χ0) is 13.3. The maximum absolute atomic E-state index is 5.92. The van der Waals surface area contributed by atoms with Crippen LogP contribution < -0.4 is 5.73 Å². The molecule has 0 aromatic carbocycles. The van der Waals surface area contributed by atoms with Crippen LogP contribution in [0.3, 0.4) is 0 Å². The maximum Gasteiger partial charge on any atom is 0.234 e. The number of hydrogen-bond acceptors (Lipinski definition) is 6. The first-order chi connectivity index (χ1) is 9.23. The van der Waals surface area contributed by atoms with Crippen LogP contribution in [0.4, 0.5) is 0 Å². The van der Waals surface area contributed by atoms with Crippen molar-refractivity contribution in [3.63, 3.8) is 0 Å². The Hall–Kier alpha value is -1.82. The summed E-state index contributed by atoms with van der Waals surface area (Å²) in [7, 11) is 0. The van der Waals surface area contributed by atoms with Gasteiger partial charge in [0.15, 0.2) is 0 Å². The number of hydrogen-bond donors (Lipinski definition) is 1. The molecule has 1 aliphatic rings. The molecule has 0 unspecified atom stereocenters. The number of aryl methyl sites for hydroxylation is 1. The largest absolute Gasteiger partial charge is 0.338 e. The molecule has 1 aliphatic carbocycles. The standard InChI is InChI=1S/C13H17N5O/c1-9-15-7-4-10(16-9)11-17-12(19-18-11)13(8-14)5-2-3-6-13/h4,7H,2-3,5-6,8,14H2,1H3.